The van der Waals surface area contributed by atoms with Crippen molar-refractivity contribution in [1.29, 1.82) is 0 Å². The number of nitrogens with zero attached hydrogens (tertiary/aromatic N) is 2. The monoisotopic (exact) mass is 513 g/mol. The van der Waals surface area contributed by atoms with Gasteiger partial charge in [-0.05, 0) is 39.5 Å². The molecule has 0 saturated carbocycles. The van der Waals surface area contributed by atoms with E-state index in [1.165, 1.54) is 0 Å². The van der Waals surface area contributed by atoms with E-state index in [0.29, 0.717) is 32.5 Å². The third-order valence-electron chi connectivity index (χ3n) is 5.73. The maximum absolute atomic E-state index is 10.5. The molecule has 0 radical (unpaired) electrons. The van der Waals surface area contributed by atoms with Crippen LogP contribution in [0, 0.1) is 0 Å². The Labute approximate surface area is 207 Å². The zero-order valence-corrected chi connectivity index (χ0v) is 23.0. The molecule has 33 heavy (non-hydrogen) atoms. The van der Waals surface area contributed by atoms with Crippen LogP contribution in [-0.2, 0) is 24.3 Å². The van der Waals surface area contributed by atoms with Crippen molar-refractivity contribution in [3.05, 3.63) is 25.3 Å². The lowest BCUT2D eigenvalue weighted by Gasteiger charge is -2.54. The number of piperidine rings is 1. The number of allylic oxidation sites excluding steroid dienone is 2. The quantitative estimate of drug-likeness (QED) is 0.125. The Morgan fingerprint density at radius 3 is 1.73 bits per heavy atom. The fraction of sp³-hybridized carbons (Fsp3) is 0.826. The molecule has 1 saturated heterocycles. The van der Waals surface area contributed by atoms with Crippen molar-refractivity contribution in [3.63, 3.8) is 0 Å². The SMILES string of the molecule is C=CC=C.CC1(C)CC([N+](C)(C)CCOCCOCCOCCS(=O)(=O)O)CC(C)(C)N1Cl. The standard InChI is InChI=1S/C19H39ClN2O6S.C4H6/c1-18(2)15-17(16-19(3,4)21(18)20)22(5,6)7-8-26-9-10-27-11-12-28-13-14-29(23,24)25;1-3-4-2/h17H,7-16H2,1-6H3;3-4H,1-2H2/p+1. The van der Waals surface area contributed by atoms with Gasteiger partial charge in [-0.1, -0.05) is 25.3 Å². The summed E-state index contributed by atoms with van der Waals surface area (Å²) in [5.41, 5.74) is -0.108. The van der Waals surface area contributed by atoms with Crippen molar-refractivity contribution in [2.45, 2.75) is 57.7 Å². The molecule has 10 heteroatoms. The minimum Gasteiger partial charge on any atom is -0.378 e. The van der Waals surface area contributed by atoms with Gasteiger partial charge in [-0.2, -0.15) is 8.42 Å². The van der Waals surface area contributed by atoms with Gasteiger partial charge in [-0.25, -0.2) is 4.42 Å². The number of halogens is 1. The van der Waals surface area contributed by atoms with E-state index in [2.05, 4.69) is 54.9 Å². The predicted molar refractivity (Wildman–Crippen MR) is 135 cm³/mol. The highest BCUT2D eigenvalue weighted by atomic mass is 35.5. The number of likely N-dealkylation sites (N-methyl/N-ethyl adjacent to an activating group) is 1. The maximum Gasteiger partial charge on any atom is 0.267 e. The molecule has 1 N–H and O–H groups in total. The molecule has 0 aromatic rings. The molecule has 1 heterocycles. The molecule has 8 nitrogen and oxygen atoms in total. The molecule has 1 fully saturated rings. The van der Waals surface area contributed by atoms with E-state index in [-0.39, 0.29) is 24.3 Å². The summed E-state index contributed by atoms with van der Waals surface area (Å²) in [6.45, 7) is 18.7. The van der Waals surface area contributed by atoms with Gasteiger partial charge in [0.15, 0.2) is 0 Å². The lowest BCUT2D eigenvalue weighted by molar-refractivity contribution is -0.918. The second kappa shape index (κ2) is 14.8. The van der Waals surface area contributed by atoms with Gasteiger partial charge in [0.05, 0.1) is 65.5 Å². The van der Waals surface area contributed by atoms with Crippen LogP contribution >= 0.6 is 11.8 Å². The van der Waals surface area contributed by atoms with E-state index in [1.807, 2.05) is 4.42 Å². The summed E-state index contributed by atoms with van der Waals surface area (Å²) in [5, 5.41) is 0. The molecule has 0 aliphatic carbocycles. The van der Waals surface area contributed by atoms with Crippen LogP contribution < -0.4 is 0 Å². The molecular weight excluding hydrogens is 468 g/mol. The van der Waals surface area contributed by atoms with E-state index in [1.54, 1.807) is 12.2 Å². The molecule has 0 aromatic heterocycles. The molecule has 0 bridgehead atoms. The first-order valence-corrected chi connectivity index (χ1v) is 13.2. The Morgan fingerprint density at radius 2 is 1.33 bits per heavy atom. The molecule has 1 aliphatic rings. The van der Waals surface area contributed by atoms with Crippen LogP contribution in [0.25, 0.3) is 0 Å². The topological polar surface area (TPSA) is 85.3 Å². The zero-order chi connectivity index (χ0) is 25.8. The van der Waals surface area contributed by atoms with Crippen molar-refractivity contribution in [2.75, 3.05) is 66.0 Å². The average Bonchev–Trinajstić information content (AvgIpc) is 2.69. The summed E-state index contributed by atoms with van der Waals surface area (Å²) in [4.78, 5) is 0. The van der Waals surface area contributed by atoms with Gasteiger partial charge in [0.25, 0.3) is 10.1 Å². The Hall–Kier alpha value is -0.520. The third-order valence-corrected chi connectivity index (χ3v) is 7.33. The van der Waals surface area contributed by atoms with Gasteiger partial charge in [0.2, 0.25) is 0 Å². The predicted octanol–water partition coefficient (Wildman–Crippen LogP) is 3.53. The van der Waals surface area contributed by atoms with Crippen LogP contribution in [0.4, 0.5) is 0 Å². The van der Waals surface area contributed by atoms with Crippen LogP contribution in [0.1, 0.15) is 40.5 Å². The van der Waals surface area contributed by atoms with Gasteiger partial charge in [-0.15, -0.1) is 0 Å². The van der Waals surface area contributed by atoms with Crippen molar-refractivity contribution in [3.8, 4) is 0 Å². The normalized spacial score (nSPS) is 18.9. The molecule has 1 rings (SSSR count). The van der Waals surface area contributed by atoms with E-state index < -0.39 is 15.9 Å². The van der Waals surface area contributed by atoms with E-state index in [4.69, 9.17) is 30.5 Å². The lowest BCUT2D eigenvalue weighted by atomic mass is 9.78. The van der Waals surface area contributed by atoms with E-state index in [0.717, 1.165) is 23.9 Å². The van der Waals surface area contributed by atoms with Crippen molar-refractivity contribution in [2.24, 2.45) is 0 Å². The van der Waals surface area contributed by atoms with Crippen LogP contribution in [0.5, 0.6) is 0 Å². The first-order chi connectivity index (χ1) is 15.1. The summed E-state index contributed by atoms with van der Waals surface area (Å²) in [6.07, 6.45) is 5.35. The number of rotatable bonds is 14. The minimum atomic E-state index is -3.96. The molecule has 0 aromatic carbocycles. The van der Waals surface area contributed by atoms with E-state index >= 15 is 0 Å². The molecule has 1 aliphatic heterocycles. The Bertz CT molecular complexity index is 658. The fourth-order valence-electron chi connectivity index (χ4n) is 3.89. The number of quaternary nitrogens is 1. The summed E-state index contributed by atoms with van der Waals surface area (Å²) >= 11 is 6.59. The average molecular weight is 514 g/mol. The minimum absolute atomic E-state index is 0.0397. The number of hydrogen-bond acceptors (Lipinski definition) is 6. The molecule has 196 valence electrons. The highest BCUT2D eigenvalue weighted by Crippen LogP contribution is 2.42. The van der Waals surface area contributed by atoms with Crippen molar-refractivity contribution < 1.29 is 31.7 Å². The molecular formula is C23H46ClN2O6S+. The van der Waals surface area contributed by atoms with Crippen molar-refractivity contribution >= 4 is 21.9 Å². The number of hydrogen-bond donors (Lipinski definition) is 1. The Balaban J connectivity index is 0.00000235. The van der Waals surface area contributed by atoms with Gasteiger partial charge in [0.1, 0.15) is 6.54 Å². The third kappa shape index (κ3) is 13.8. The maximum atomic E-state index is 10.5. The lowest BCUT2D eigenvalue weighted by Crippen LogP contribution is -2.64. The molecule has 0 unspecified atom stereocenters. The zero-order valence-electron chi connectivity index (χ0n) is 21.4. The molecule has 0 amide bonds. The second-order valence-electron chi connectivity index (χ2n) is 10.1. The summed E-state index contributed by atoms with van der Waals surface area (Å²) in [5.74, 6) is -0.400. The summed E-state index contributed by atoms with van der Waals surface area (Å²) < 4.78 is 48.7. The van der Waals surface area contributed by atoms with Crippen LogP contribution in [-0.4, -0.2) is 105 Å². The van der Waals surface area contributed by atoms with Crippen LogP contribution in [0.3, 0.4) is 0 Å². The highest BCUT2D eigenvalue weighted by molar-refractivity contribution is 7.85. The van der Waals surface area contributed by atoms with E-state index in [9.17, 15) is 8.42 Å². The molecule has 0 atom stereocenters. The smallest absolute Gasteiger partial charge is 0.267 e. The fourth-order valence-corrected chi connectivity index (χ4v) is 4.35. The van der Waals surface area contributed by atoms with Gasteiger partial charge < -0.3 is 18.7 Å². The van der Waals surface area contributed by atoms with Crippen molar-refractivity contribution in [1.82, 2.24) is 4.42 Å². The Kier molecular flexibility index (Phi) is 14.5. The first-order valence-electron chi connectivity index (χ1n) is 11.3. The van der Waals surface area contributed by atoms with Gasteiger partial charge >= 0.3 is 0 Å². The summed E-state index contributed by atoms with van der Waals surface area (Å²) in [6, 6.07) is 0.509. The Morgan fingerprint density at radius 1 is 0.939 bits per heavy atom. The largest absolute Gasteiger partial charge is 0.378 e. The van der Waals surface area contributed by atoms with Gasteiger partial charge in [-0.3, -0.25) is 4.55 Å². The van der Waals surface area contributed by atoms with Crippen LogP contribution in [0.15, 0.2) is 25.3 Å². The summed E-state index contributed by atoms with van der Waals surface area (Å²) in [7, 11) is 0.545. The molecule has 0 spiro atoms. The highest BCUT2D eigenvalue weighted by Gasteiger charge is 2.49. The second-order valence-corrected chi connectivity index (χ2v) is 12.0. The number of ether oxygens (including phenoxy) is 3. The van der Waals surface area contributed by atoms with Crippen LogP contribution in [0.2, 0.25) is 0 Å². The first kappa shape index (κ1) is 32.5. The van der Waals surface area contributed by atoms with Gasteiger partial charge in [0, 0.05) is 23.9 Å².